The number of aromatic nitrogens is 2. The Morgan fingerprint density at radius 3 is 2.48 bits per heavy atom. The number of hydrogen-bond donors (Lipinski definition) is 1. The van der Waals surface area contributed by atoms with Gasteiger partial charge in [-0.25, -0.2) is 22.2 Å². The van der Waals surface area contributed by atoms with E-state index in [1.165, 1.54) is 38.1 Å². The number of ether oxygens (including phenoxy) is 1. The van der Waals surface area contributed by atoms with Gasteiger partial charge < -0.3 is 4.74 Å². The van der Waals surface area contributed by atoms with Crippen molar-refractivity contribution in [2.75, 3.05) is 4.72 Å². The van der Waals surface area contributed by atoms with Gasteiger partial charge in [-0.05, 0) is 31.5 Å². The Labute approximate surface area is 132 Å². The third kappa shape index (κ3) is 4.59. The van der Waals surface area contributed by atoms with E-state index in [-0.39, 0.29) is 18.4 Å². The molecule has 2 aromatic rings. The number of nitrogens with zero attached hydrogens (tertiary/aromatic N) is 2. The van der Waals surface area contributed by atoms with E-state index in [0.29, 0.717) is 5.56 Å². The Morgan fingerprint density at radius 2 is 1.87 bits per heavy atom. The Balaban J connectivity index is 2.12. The molecule has 124 valence electrons. The van der Waals surface area contributed by atoms with Crippen molar-refractivity contribution in [2.24, 2.45) is 0 Å². The molecule has 2 rings (SSSR count). The van der Waals surface area contributed by atoms with Gasteiger partial charge in [-0.1, -0.05) is 12.1 Å². The third-order valence-electron chi connectivity index (χ3n) is 2.86. The molecule has 0 atom stereocenters. The molecule has 0 aliphatic rings. The summed E-state index contributed by atoms with van der Waals surface area (Å²) in [5, 5.41) is -0.750. The summed E-state index contributed by atoms with van der Waals surface area (Å²) in [6.45, 7) is 2.93. The largest absolute Gasteiger partial charge is 0.459 e. The highest BCUT2D eigenvalue weighted by Crippen LogP contribution is 2.17. The van der Waals surface area contributed by atoms with Gasteiger partial charge >= 0.3 is 6.01 Å². The Kier molecular flexibility index (Phi) is 5.09. The maximum Gasteiger partial charge on any atom is 0.318 e. The van der Waals surface area contributed by atoms with Crippen LogP contribution in [0, 0.1) is 11.6 Å². The average Bonchev–Trinajstić information content (AvgIpc) is 2.49. The summed E-state index contributed by atoms with van der Waals surface area (Å²) < 4.78 is 57.2. The smallest absolute Gasteiger partial charge is 0.318 e. The summed E-state index contributed by atoms with van der Waals surface area (Å²) in [4.78, 5) is 7.33. The molecule has 0 aliphatic carbocycles. The summed E-state index contributed by atoms with van der Waals surface area (Å²) in [7, 11) is -3.74. The molecule has 0 amide bonds. The van der Waals surface area contributed by atoms with Crippen LogP contribution in [0.15, 0.2) is 30.5 Å². The number of benzene rings is 1. The van der Waals surface area contributed by atoms with Gasteiger partial charge in [0.05, 0.1) is 11.4 Å². The lowest BCUT2D eigenvalue weighted by atomic mass is 10.2. The lowest BCUT2D eigenvalue weighted by Gasteiger charge is -2.11. The van der Waals surface area contributed by atoms with Crippen LogP contribution in [-0.2, 0) is 16.6 Å². The molecule has 0 bridgehead atoms. The molecule has 1 aromatic heterocycles. The molecule has 6 nitrogen and oxygen atoms in total. The predicted octanol–water partition coefficient (Wildman–Crippen LogP) is 2.48. The quantitative estimate of drug-likeness (QED) is 0.871. The third-order valence-corrected chi connectivity index (χ3v) is 4.58. The fourth-order valence-corrected chi connectivity index (χ4v) is 2.12. The van der Waals surface area contributed by atoms with E-state index >= 15 is 0 Å². The topological polar surface area (TPSA) is 81.2 Å². The van der Waals surface area contributed by atoms with Gasteiger partial charge in [-0.3, -0.25) is 4.72 Å². The summed E-state index contributed by atoms with van der Waals surface area (Å²) in [5.41, 5.74) is 0.656. The van der Waals surface area contributed by atoms with Gasteiger partial charge in [0.25, 0.3) is 0 Å². The number of sulfonamides is 1. The number of rotatable bonds is 6. The fourth-order valence-electron chi connectivity index (χ4n) is 1.47. The van der Waals surface area contributed by atoms with Crippen LogP contribution in [0.2, 0.25) is 0 Å². The minimum atomic E-state index is -3.74. The molecule has 1 heterocycles. The van der Waals surface area contributed by atoms with Gasteiger partial charge in [0.15, 0.2) is 11.6 Å². The van der Waals surface area contributed by atoms with Gasteiger partial charge in [0.2, 0.25) is 10.0 Å². The number of anilines is 1. The van der Waals surface area contributed by atoms with Crippen molar-refractivity contribution in [1.82, 2.24) is 9.97 Å². The first kappa shape index (κ1) is 17.1. The van der Waals surface area contributed by atoms with Crippen molar-refractivity contribution in [1.29, 1.82) is 0 Å². The minimum absolute atomic E-state index is 0.0300. The second kappa shape index (κ2) is 6.86. The van der Waals surface area contributed by atoms with Crippen LogP contribution < -0.4 is 9.46 Å². The number of hydrogen-bond acceptors (Lipinski definition) is 5. The van der Waals surface area contributed by atoms with E-state index in [1.54, 1.807) is 0 Å². The molecule has 0 unspecified atom stereocenters. The first-order chi connectivity index (χ1) is 10.8. The molecule has 1 aromatic carbocycles. The first-order valence-corrected chi connectivity index (χ1v) is 8.24. The van der Waals surface area contributed by atoms with Crippen molar-refractivity contribution in [3.63, 3.8) is 0 Å². The molecular formula is C14H15F2N3O3S. The van der Waals surface area contributed by atoms with Crippen LogP contribution in [0.25, 0.3) is 0 Å². The van der Waals surface area contributed by atoms with E-state index in [4.69, 9.17) is 4.74 Å². The number of nitrogens with one attached hydrogen (secondary N) is 1. The zero-order valence-electron chi connectivity index (χ0n) is 12.5. The Hall–Kier alpha value is -2.29. The highest BCUT2D eigenvalue weighted by atomic mass is 32.2. The van der Waals surface area contributed by atoms with Crippen LogP contribution in [0.5, 0.6) is 6.01 Å². The standard InChI is InChI=1S/C14H15F2N3O3S/c1-9(2)23(20,21)19-13-12(16)7-17-14(18-13)22-8-10-3-5-11(15)6-4-10/h3-7,9H,8H2,1-2H3,(H,17,18,19). The Bertz CT molecular complexity index is 780. The van der Waals surface area contributed by atoms with Crippen LogP contribution in [-0.4, -0.2) is 23.6 Å². The van der Waals surface area contributed by atoms with Gasteiger partial charge in [-0.15, -0.1) is 0 Å². The van der Waals surface area contributed by atoms with Crippen molar-refractivity contribution < 1.29 is 21.9 Å². The monoisotopic (exact) mass is 343 g/mol. The summed E-state index contributed by atoms with van der Waals surface area (Å²) in [6, 6.07) is 5.37. The predicted molar refractivity (Wildman–Crippen MR) is 80.4 cm³/mol. The molecule has 0 radical (unpaired) electrons. The zero-order valence-corrected chi connectivity index (χ0v) is 13.3. The molecule has 23 heavy (non-hydrogen) atoms. The van der Waals surface area contributed by atoms with Crippen molar-refractivity contribution in [3.05, 3.63) is 47.7 Å². The van der Waals surface area contributed by atoms with Crippen LogP contribution in [0.1, 0.15) is 19.4 Å². The van der Waals surface area contributed by atoms with Crippen LogP contribution in [0.4, 0.5) is 14.6 Å². The molecule has 0 fully saturated rings. The molecule has 0 saturated carbocycles. The zero-order chi connectivity index (χ0) is 17.0. The van der Waals surface area contributed by atoms with E-state index in [1.807, 2.05) is 4.72 Å². The minimum Gasteiger partial charge on any atom is -0.459 e. The second-order valence-electron chi connectivity index (χ2n) is 4.96. The SMILES string of the molecule is CC(C)S(=O)(=O)Nc1nc(OCc2ccc(F)cc2)ncc1F. The molecule has 1 N–H and O–H groups in total. The van der Waals surface area contributed by atoms with Gasteiger partial charge in [-0.2, -0.15) is 4.98 Å². The van der Waals surface area contributed by atoms with Crippen molar-refractivity contribution in [2.45, 2.75) is 25.7 Å². The van der Waals surface area contributed by atoms with Gasteiger partial charge in [0.1, 0.15) is 12.4 Å². The van der Waals surface area contributed by atoms with E-state index in [0.717, 1.165) is 6.20 Å². The van der Waals surface area contributed by atoms with E-state index in [2.05, 4.69) is 9.97 Å². The van der Waals surface area contributed by atoms with Crippen LogP contribution in [0.3, 0.4) is 0 Å². The molecule has 0 aliphatic heterocycles. The highest BCUT2D eigenvalue weighted by molar-refractivity contribution is 7.93. The summed E-state index contributed by atoms with van der Waals surface area (Å²) in [5.74, 6) is -1.77. The lowest BCUT2D eigenvalue weighted by molar-refractivity contribution is 0.280. The first-order valence-electron chi connectivity index (χ1n) is 6.69. The highest BCUT2D eigenvalue weighted by Gasteiger charge is 2.19. The van der Waals surface area contributed by atoms with Crippen molar-refractivity contribution >= 4 is 15.8 Å². The second-order valence-corrected chi connectivity index (χ2v) is 7.20. The molecular weight excluding hydrogens is 328 g/mol. The van der Waals surface area contributed by atoms with E-state index < -0.39 is 26.9 Å². The van der Waals surface area contributed by atoms with Gasteiger partial charge in [0, 0.05) is 0 Å². The van der Waals surface area contributed by atoms with Crippen molar-refractivity contribution in [3.8, 4) is 6.01 Å². The van der Waals surface area contributed by atoms with E-state index in [9.17, 15) is 17.2 Å². The van der Waals surface area contributed by atoms with Crippen LogP contribution >= 0.6 is 0 Å². The maximum atomic E-state index is 13.6. The molecule has 0 saturated heterocycles. The fraction of sp³-hybridized carbons (Fsp3) is 0.286. The Morgan fingerprint density at radius 1 is 1.22 bits per heavy atom. The molecule has 9 heteroatoms. The lowest BCUT2D eigenvalue weighted by Crippen LogP contribution is -2.24. The summed E-state index contributed by atoms with van der Waals surface area (Å²) >= 11 is 0. The normalized spacial score (nSPS) is 11.5. The summed E-state index contributed by atoms with van der Waals surface area (Å²) in [6.07, 6.45) is 0.811. The average molecular weight is 343 g/mol. The number of halogens is 2. The molecule has 0 spiro atoms. The maximum absolute atomic E-state index is 13.6.